The first kappa shape index (κ1) is 22.4. The summed E-state index contributed by atoms with van der Waals surface area (Å²) in [7, 11) is 0. The quantitative estimate of drug-likeness (QED) is 0.476. The number of para-hydroxylation sites is 1. The molecule has 1 aliphatic rings. The largest absolute Gasteiger partial charge is 0.478 e. The van der Waals surface area contributed by atoms with E-state index in [2.05, 4.69) is 5.32 Å². The maximum Gasteiger partial charge on any atom is 0.335 e. The summed E-state index contributed by atoms with van der Waals surface area (Å²) in [6.07, 6.45) is 1.40. The van der Waals surface area contributed by atoms with Crippen molar-refractivity contribution in [3.05, 3.63) is 81.9 Å². The van der Waals surface area contributed by atoms with Gasteiger partial charge < -0.3 is 14.8 Å². The number of hydrogen-bond donors (Lipinski definition) is 2. The van der Waals surface area contributed by atoms with E-state index in [4.69, 9.17) is 21.1 Å². The Hall–Kier alpha value is -3.82. The maximum atomic E-state index is 12.7. The normalized spacial score (nSPS) is 14.7. The third-order valence-electron chi connectivity index (χ3n) is 4.62. The monoisotopic (exact) mass is 482 g/mol. The molecular formula is C23H15ClN2O6S. The molecule has 0 saturated carbocycles. The van der Waals surface area contributed by atoms with Crippen LogP contribution in [0.5, 0.6) is 0 Å². The van der Waals surface area contributed by atoms with Crippen LogP contribution in [0.15, 0.2) is 70.0 Å². The number of carboxylic acid groups (broad SMARTS) is 1. The van der Waals surface area contributed by atoms with Crippen molar-refractivity contribution in [1.82, 2.24) is 4.90 Å². The van der Waals surface area contributed by atoms with Crippen LogP contribution in [0, 0.1) is 0 Å². The number of halogens is 1. The van der Waals surface area contributed by atoms with Crippen LogP contribution in [-0.2, 0) is 9.59 Å². The van der Waals surface area contributed by atoms with Gasteiger partial charge in [-0.1, -0.05) is 35.9 Å². The number of anilines is 1. The van der Waals surface area contributed by atoms with Crippen molar-refractivity contribution in [2.45, 2.75) is 0 Å². The standard InChI is InChI=1S/C23H15ClN2O6S/c24-16-6-1-2-7-17(16)25-20(27)12-26-21(28)19(33-23(26)31)11-15-8-9-18(32-15)13-4-3-5-14(10-13)22(29)30/h1-11H,12H2,(H,25,27)(H,29,30)/b19-11-. The minimum absolute atomic E-state index is 0.103. The molecule has 0 bridgehead atoms. The number of carbonyl (C=O) groups is 4. The highest BCUT2D eigenvalue weighted by atomic mass is 35.5. The van der Waals surface area contributed by atoms with E-state index in [0.29, 0.717) is 39.6 Å². The highest BCUT2D eigenvalue weighted by Crippen LogP contribution is 2.33. The van der Waals surface area contributed by atoms with Crippen LogP contribution in [0.4, 0.5) is 10.5 Å². The molecule has 166 valence electrons. The van der Waals surface area contributed by atoms with Gasteiger partial charge >= 0.3 is 5.97 Å². The Morgan fingerprint density at radius 2 is 1.88 bits per heavy atom. The molecule has 1 saturated heterocycles. The number of nitrogens with one attached hydrogen (secondary N) is 1. The van der Waals surface area contributed by atoms with E-state index in [1.54, 1.807) is 48.5 Å². The van der Waals surface area contributed by atoms with Crippen molar-refractivity contribution in [2.24, 2.45) is 0 Å². The molecule has 1 aromatic heterocycles. The van der Waals surface area contributed by atoms with Crippen molar-refractivity contribution in [3.8, 4) is 11.3 Å². The molecule has 33 heavy (non-hydrogen) atoms. The molecule has 0 atom stereocenters. The third-order valence-corrected chi connectivity index (χ3v) is 5.85. The summed E-state index contributed by atoms with van der Waals surface area (Å²) in [6, 6.07) is 16.1. The van der Waals surface area contributed by atoms with Gasteiger partial charge in [-0.15, -0.1) is 0 Å². The van der Waals surface area contributed by atoms with Crippen LogP contribution in [0.2, 0.25) is 5.02 Å². The van der Waals surface area contributed by atoms with Gasteiger partial charge in [0, 0.05) is 11.6 Å². The fourth-order valence-corrected chi connectivity index (χ4v) is 4.05. The lowest BCUT2D eigenvalue weighted by Crippen LogP contribution is -2.36. The molecule has 1 fully saturated rings. The number of benzene rings is 2. The minimum atomic E-state index is -1.06. The Bertz CT molecular complexity index is 1320. The summed E-state index contributed by atoms with van der Waals surface area (Å²) in [4.78, 5) is 49.4. The highest BCUT2D eigenvalue weighted by molar-refractivity contribution is 8.18. The smallest absolute Gasteiger partial charge is 0.335 e. The van der Waals surface area contributed by atoms with Crippen molar-refractivity contribution in [2.75, 3.05) is 11.9 Å². The lowest BCUT2D eigenvalue weighted by atomic mass is 10.1. The molecule has 2 heterocycles. The van der Waals surface area contributed by atoms with Crippen LogP contribution in [0.1, 0.15) is 16.1 Å². The second-order valence-electron chi connectivity index (χ2n) is 6.88. The molecule has 4 rings (SSSR count). The molecule has 10 heteroatoms. The average Bonchev–Trinajstić information content (AvgIpc) is 3.36. The van der Waals surface area contributed by atoms with Gasteiger partial charge in [0.2, 0.25) is 5.91 Å². The van der Waals surface area contributed by atoms with Gasteiger partial charge in [0.05, 0.1) is 21.2 Å². The number of imide groups is 1. The lowest BCUT2D eigenvalue weighted by Gasteiger charge is -2.13. The first-order valence-corrected chi connectivity index (χ1v) is 10.7. The first-order valence-electron chi connectivity index (χ1n) is 9.55. The summed E-state index contributed by atoms with van der Waals surface area (Å²) >= 11 is 6.71. The number of hydrogen-bond acceptors (Lipinski definition) is 6. The van der Waals surface area contributed by atoms with Gasteiger partial charge in [-0.25, -0.2) is 4.79 Å². The van der Waals surface area contributed by atoms with Crippen LogP contribution in [0.25, 0.3) is 17.4 Å². The summed E-state index contributed by atoms with van der Waals surface area (Å²) in [5, 5.41) is 11.5. The number of nitrogens with zero attached hydrogens (tertiary/aromatic N) is 1. The summed E-state index contributed by atoms with van der Waals surface area (Å²) in [6.45, 7) is -0.460. The van der Waals surface area contributed by atoms with Gasteiger partial charge in [-0.05, 0) is 48.2 Å². The molecule has 0 spiro atoms. The number of thioether (sulfide) groups is 1. The van der Waals surface area contributed by atoms with Crippen molar-refractivity contribution >= 4 is 58.1 Å². The minimum Gasteiger partial charge on any atom is -0.478 e. The molecular weight excluding hydrogens is 468 g/mol. The number of amides is 3. The molecule has 0 radical (unpaired) electrons. The molecule has 0 unspecified atom stereocenters. The van der Waals surface area contributed by atoms with E-state index < -0.39 is 29.6 Å². The average molecular weight is 483 g/mol. The number of rotatable bonds is 6. The van der Waals surface area contributed by atoms with Gasteiger partial charge in [0.15, 0.2) is 0 Å². The van der Waals surface area contributed by atoms with E-state index in [1.807, 2.05) is 0 Å². The predicted octanol–water partition coefficient (Wildman–Crippen LogP) is 4.97. The summed E-state index contributed by atoms with van der Waals surface area (Å²) in [5.41, 5.74) is 1.04. The van der Waals surface area contributed by atoms with Crippen molar-refractivity contribution in [3.63, 3.8) is 0 Å². The van der Waals surface area contributed by atoms with E-state index in [0.717, 1.165) is 4.90 Å². The Kier molecular flexibility index (Phi) is 6.34. The zero-order valence-corrected chi connectivity index (χ0v) is 18.4. The first-order chi connectivity index (χ1) is 15.8. The molecule has 1 aliphatic heterocycles. The van der Waals surface area contributed by atoms with Gasteiger partial charge in [-0.2, -0.15) is 0 Å². The predicted molar refractivity (Wildman–Crippen MR) is 124 cm³/mol. The van der Waals surface area contributed by atoms with Crippen LogP contribution >= 0.6 is 23.4 Å². The highest BCUT2D eigenvalue weighted by Gasteiger charge is 2.36. The lowest BCUT2D eigenvalue weighted by molar-refractivity contribution is -0.127. The molecule has 2 aromatic carbocycles. The van der Waals surface area contributed by atoms with E-state index in [1.165, 1.54) is 18.2 Å². The Balaban J connectivity index is 1.47. The Labute approximate surface area is 196 Å². The fraction of sp³-hybridized carbons (Fsp3) is 0.0435. The maximum absolute atomic E-state index is 12.7. The molecule has 0 aliphatic carbocycles. The van der Waals surface area contributed by atoms with E-state index >= 15 is 0 Å². The van der Waals surface area contributed by atoms with Crippen LogP contribution in [0.3, 0.4) is 0 Å². The van der Waals surface area contributed by atoms with Crippen LogP contribution < -0.4 is 5.32 Å². The summed E-state index contributed by atoms with van der Waals surface area (Å²) in [5.74, 6) is -1.54. The number of carboxylic acids is 1. The van der Waals surface area contributed by atoms with E-state index in [9.17, 15) is 19.2 Å². The van der Waals surface area contributed by atoms with Crippen molar-refractivity contribution < 1.29 is 28.7 Å². The molecule has 3 amide bonds. The summed E-state index contributed by atoms with van der Waals surface area (Å²) < 4.78 is 5.70. The molecule has 2 N–H and O–H groups in total. The number of aromatic carboxylic acids is 1. The van der Waals surface area contributed by atoms with Gasteiger partial charge in [0.1, 0.15) is 18.1 Å². The van der Waals surface area contributed by atoms with Gasteiger partial charge in [-0.3, -0.25) is 19.3 Å². The second-order valence-corrected chi connectivity index (χ2v) is 8.28. The topological polar surface area (TPSA) is 117 Å². The van der Waals surface area contributed by atoms with Crippen molar-refractivity contribution in [1.29, 1.82) is 0 Å². The van der Waals surface area contributed by atoms with Gasteiger partial charge in [0.25, 0.3) is 11.1 Å². The van der Waals surface area contributed by atoms with E-state index in [-0.39, 0.29) is 10.5 Å². The molecule has 8 nitrogen and oxygen atoms in total. The zero-order valence-electron chi connectivity index (χ0n) is 16.8. The SMILES string of the molecule is O=C(CN1C(=O)S/C(=C\c2ccc(-c3cccc(C(=O)O)c3)o2)C1=O)Nc1ccccc1Cl. The third kappa shape index (κ3) is 5.00. The number of carbonyl (C=O) groups excluding carboxylic acids is 3. The Morgan fingerprint density at radius 3 is 2.64 bits per heavy atom. The Morgan fingerprint density at radius 1 is 1.09 bits per heavy atom. The number of furan rings is 1. The molecule has 3 aromatic rings. The van der Waals surface area contributed by atoms with Crippen LogP contribution in [-0.4, -0.2) is 39.6 Å². The fourth-order valence-electron chi connectivity index (χ4n) is 3.05. The zero-order chi connectivity index (χ0) is 23.5. The second kappa shape index (κ2) is 9.35.